The lowest BCUT2D eigenvalue weighted by Gasteiger charge is -2.19. The van der Waals surface area contributed by atoms with Gasteiger partial charge in [0.05, 0.1) is 12.7 Å². The number of alkyl halides is 1. The number of aromatic hydroxyl groups is 1. The molecule has 0 saturated heterocycles. The average molecular weight is 258 g/mol. The Labute approximate surface area is 106 Å². The van der Waals surface area contributed by atoms with Crippen molar-refractivity contribution >= 4 is 17.5 Å². The highest BCUT2D eigenvalue weighted by molar-refractivity contribution is 6.20. The summed E-state index contributed by atoms with van der Waals surface area (Å²) in [5.74, 6) is -0.147. The van der Waals surface area contributed by atoms with Crippen LogP contribution in [0.15, 0.2) is 18.2 Å². The second-order valence-electron chi connectivity index (χ2n) is 3.82. The smallest absolute Gasteiger partial charge is 0.257 e. The summed E-state index contributed by atoms with van der Waals surface area (Å²) in [7, 11) is 3.08. The zero-order valence-electron chi connectivity index (χ0n) is 10.1. The van der Waals surface area contributed by atoms with Crippen LogP contribution in [-0.2, 0) is 0 Å². The Hall–Kier alpha value is -1.42. The minimum atomic E-state index is -0.283. The summed E-state index contributed by atoms with van der Waals surface area (Å²) < 4.78 is 4.95. The van der Waals surface area contributed by atoms with Crippen molar-refractivity contribution in [3.8, 4) is 11.5 Å². The Morgan fingerprint density at radius 1 is 1.59 bits per heavy atom. The number of benzene rings is 1. The molecule has 0 heterocycles. The maximum absolute atomic E-state index is 12.0. The van der Waals surface area contributed by atoms with Gasteiger partial charge in [0, 0.05) is 19.0 Å². The molecule has 0 aliphatic carbocycles. The molecule has 5 heteroatoms. The number of hydrogen-bond donors (Lipinski definition) is 1. The van der Waals surface area contributed by atoms with Gasteiger partial charge >= 0.3 is 0 Å². The van der Waals surface area contributed by atoms with Crippen molar-refractivity contribution in [3.63, 3.8) is 0 Å². The Balaban J connectivity index is 2.96. The van der Waals surface area contributed by atoms with Gasteiger partial charge in [0.25, 0.3) is 5.91 Å². The molecule has 4 nitrogen and oxygen atoms in total. The molecule has 1 unspecified atom stereocenters. The van der Waals surface area contributed by atoms with Crippen LogP contribution in [0.1, 0.15) is 17.3 Å². The van der Waals surface area contributed by atoms with E-state index in [1.807, 2.05) is 0 Å². The van der Waals surface area contributed by atoms with E-state index in [1.165, 1.54) is 12.0 Å². The molecule has 0 spiro atoms. The van der Waals surface area contributed by atoms with Gasteiger partial charge in [0.15, 0.2) is 11.5 Å². The number of amides is 1. The number of carbonyl (C=O) groups is 1. The highest BCUT2D eigenvalue weighted by atomic mass is 35.5. The number of phenolic OH excluding ortho intramolecular Hbond substituents is 1. The summed E-state index contributed by atoms with van der Waals surface area (Å²) in [5.41, 5.74) is 0.212. The van der Waals surface area contributed by atoms with Gasteiger partial charge in [-0.25, -0.2) is 0 Å². The normalized spacial score (nSPS) is 12.0. The van der Waals surface area contributed by atoms with Crippen LogP contribution in [0.5, 0.6) is 11.5 Å². The molecule has 1 amide bonds. The average Bonchev–Trinajstić information content (AvgIpc) is 2.27. The molecule has 1 rings (SSSR count). The van der Waals surface area contributed by atoms with Crippen LogP contribution in [0.2, 0.25) is 0 Å². The third kappa shape index (κ3) is 3.27. The molecule has 0 bridgehead atoms. The van der Waals surface area contributed by atoms with E-state index in [0.29, 0.717) is 6.54 Å². The van der Waals surface area contributed by atoms with Crippen molar-refractivity contribution in [2.75, 3.05) is 20.7 Å². The van der Waals surface area contributed by atoms with Gasteiger partial charge in [0.2, 0.25) is 0 Å². The molecule has 94 valence electrons. The predicted octanol–water partition coefficient (Wildman–Crippen LogP) is 2.10. The number of phenols is 1. The fourth-order valence-electron chi connectivity index (χ4n) is 1.53. The van der Waals surface area contributed by atoms with Crippen LogP contribution in [0.3, 0.4) is 0 Å². The van der Waals surface area contributed by atoms with E-state index < -0.39 is 0 Å². The van der Waals surface area contributed by atoms with Crippen molar-refractivity contribution in [2.45, 2.75) is 12.3 Å². The number of halogens is 1. The number of para-hydroxylation sites is 1. The molecule has 1 atom stereocenters. The van der Waals surface area contributed by atoms with Crippen molar-refractivity contribution in [1.82, 2.24) is 4.90 Å². The predicted molar refractivity (Wildman–Crippen MR) is 66.9 cm³/mol. The van der Waals surface area contributed by atoms with Crippen molar-refractivity contribution in [1.29, 1.82) is 0 Å². The number of nitrogens with zero attached hydrogens (tertiary/aromatic N) is 1. The van der Waals surface area contributed by atoms with E-state index in [9.17, 15) is 9.90 Å². The molecule has 1 aromatic rings. The van der Waals surface area contributed by atoms with Gasteiger partial charge in [-0.15, -0.1) is 11.6 Å². The highest BCUT2D eigenvalue weighted by Gasteiger charge is 2.19. The zero-order valence-corrected chi connectivity index (χ0v) is 10.9. The molecular formula is C12H16ClNO3. The minimum Gasteiger partial charge on any atom is -0.504 e. The Kier molecular flexibility index (Phi) is 4.63. The number of methoxy groups -OCH3 is 1. The van der Waals surface area contributed by atoms with E-state index in [0.717, 1.165) is 0 Å². The summed E-state index contributed by atoms with van der Waals surface area (Å²) in [4.78, 5) is 13.5. The molecule has 1 aromatic carbocycles. The Morgan fingerprint density at radius 3 is 2.76 bits per heavy atom. The van der Waals surface area contributed by atoms with Crippen LogP contribution in [0.4, 0.5) is 0 Å². The Bertz CT molecular complexity index is 407. The molecule has 0 aromatic heterocycles. The van der Waals surface area contributed by atoms with Crippen molar-refractivity contribution in [2.24, 2.45) is 0 Å². The summed E-state index contributed by atoms with van der Waals surface area (Å²) >= 11 is 5.82. The van der Waals surface area contributed by atoms with Crippen LogP contribution < -0.4 is 4.74 Å². The quantitative estimate of drug-likeness (QED) is 0.841. The zero-order chi connectivity index (χ0) is 13.0. The molecular weight excluding hydrogens is 242 g/mol. The van der Waals surface area contributed by atoms with Crippen LogP contribution in [0, 0.1) is 0 Å². The lowest BCUT2D eigenvalue weighted by atomic mass is 10.1. The first kappa shape index (κ1) is 13.6. The molecule has 1 N–H and O–H groups in total. The largest absolute Gasteiger partial charge is 0.504 e. The van der Waals surface area contributed by atoms with Gasteiger partial charge < -0.3 is 14.7 Å². The lowest BCUT2D eigenvalue weighted by Crippen LogP contribution is -2.31. The van der Waals surface area contributed by atoms with Gasteiger partial charge in [0.1, 0.15) is 0 Å². The topological polar surface area (TPSA) is 49.8 Å². The number of rotatable bonds is 4. The molecule has 0 aliphatic heterocycles. The number of ether oxygens (including phenoxy) is 1. The van der Waals surface area contributed by atoms with Crippen LogP contribution >= 0.6 is 11.6 Å². The fraction of sp³-hybridized carbons (Fsp3) is 0.417. The third-order valence-corrected chi connectivity index (χ3v) is 2.46. The molecule has 0 fully saturated rings. The number of carbonyl (C=O) groups excluding carboxylic acids is 1. The maximum atomic E-state index is 12.0. The minimum absolute atomic E-state index is 0.142. The summed E-state index contributed by atoms with van der Waals surface area (Å²) in [6, 6.07) is 4.80. The highest BCUT2D eigenvalue weighted by Crippen LogP contribution is 2.30. The lowest BCUT2D eigenvalue weighted by molar-refractivity contribution is 0.0792. The fourth-order valence-corrected chi connectivity index (χ4v) is 1.73. The monoisotopic (exact) mass is 257 g/mol. The maximum Gasteiger partial charge on any atom is 0.257 e. The molecule has 0 radical (unpaired) electrons. The summed E-state index contributed by atoms with van der Waals surface area (Å²) in [6.07, 6.45) is 0. The first-order valence-corrected chi connectivity index (χ1v) is 5.66. The van der Waals surface area contributed by atoms with E-state index in [2.05, 4.69) is 0 Å². The Morgan fingerprint density at radius 2 is 2.24 bits per heavy atom. The van der Waals surface area contributed by atoms with Crippen molar-refractivity contribution in [3.05, 3.63) is 23.8 Å². The standard InChI is InChI=1S/C12H16ClNO3/c1-8(13)7-14(2)12(16)9-5-4-6-10(17-3)11(9)15/h4-6,8,15H,7H2,1-3H3. The second kappa shape index (κ2) is 5.77. The summed E-state index contributed by atoms with van der Waals surface area (Å²) in [5, 5.41) is 9.69. The molecule has 0 aliphatic rings. The van der Waals surface area contributed by atoms with E-state index in [4.69, 9.17) is 16.3 Å². The van der Waals surface area contributed by atoms with Gasteiger partial charge in [-0.1, -0.05) is 6.07 Å². The van der Waals surface area contributed by atoms with E-state index >= 15 is 0 Å². The first-order chi connectivity index (χ1) is 7.97. The van der Waals surface area contributed by atoms with E-state index in [1.54, 1.807) is 32.2 Å². The van der Waals surface area contributed by atoms with Crippen molar-refractivity contribution < 1.29 is 14.6 Å². The van der Waals surface area contributed by atoms with Gasteiger partial charge in [-0.2, -0.15) is 0 Å². The second-order valence-corrected chi connectivity index (χ2v) is 4.57. The summed E-state index contributed by atoms with van der Waals surface area (Å²) in [6.45, 7) is 2.22. The van der Waals surface area contributed by atoms with Gasteiger partial charge in [-0.3, -0.25) is 4.79 Å². The van der Waals surface area contributed by atoms with E-state index in [-0.39, 0.29) is 28.3 Å². The number of hydrogen-bond acceptors (Lipinski definition) is 3. The molecule has 0 saturated carbocycles. The first-order valence-electron chi connectivity index (χ1n) is 5.22. The van der Waals surface area contributed by atoms with Crippen LogP contribution in [-0.4, -0.2) is 42.0 Å². The SMILES string of the molecule is COc1cccc(C(=O)N(C)CC(C)Cl)c1O. The van der Waals surface area contributed by atoms with Crippen LogP contribution in [0.25, 0.3) is 0 Å². The molecule has 17 heavy (non-hydrogen) atoms. The third-order valence-electron chi connectivity index (χ3n) is 2.32. The van der Waals surface area contributed by atoms with Gasteiger partial charge in [-0.05, 0) is 19.1 Å².